The second-order valence-corrected chi connectivity index (χ2v) is 5.64. The summed E-state index contributed by atoms with van der Waals surface area (Å²) in [5.41, 5.74) is 2.97. The van der Waals surface area contributed by atoms with Crippen LogP contribution in [0, 0.1) is 0 Å². The molecule has 0 heterocycles. The molecule has 0 aliphatic rings. The van der Waals surface area contributed by atoms with E-state index in [0.717, 1.165) is 24.7 Å². The van der Waals surface area contributed by atoms with Gasteiger partial charge in [-0.1, -0.05) is 47.1 Å². The second-order valence-electron chi connectivity index (χ2n) is 4.85. The van der Waals surface area contributed by atoms with Gasteiger partial charge in [0.25, 0.3) is 0 Å². The first-order valence-electron chi connectivity index (χ1n) is 5.96. The van der Waals surface area contributed by atoms with Crippen LogP contribution in [0.3, 0.4) is 0 Å². The topological polar surface area (TPSA) is 12.0 Å². The van der Waals surface area contributed by atoms with E-state index in [1.807, 2.05) is 0 Å². The largest absolute Gasteiger partial charge is 0.308 e. The Morgan fingerprint density at radius 1 is 1.12 bits per heavy atom. The van der Waals surface area contributed by atoms with E-state index >= 15 is 0 Å². The minimum absolute atomic E-state index is 0.201. The van der Waals surface area contributed by atoms with E-state index < -0.39 is 0 Å². The number of benzene rings is 1. The Kier molecular flexibility index (Phi) is 5.50. The summed E-state index contributed by atoms with van der Waals surface area (Å²) in [6.45, 7) is 7.62. The predicted molar refractivity (Wildman–Crippen MR) is 75.1 cm³/mol. The van der Waals surface area contributed by atoms with Crippen LogP contribution in [0.5, 0.6) is 0 Å². The third-order valence-electron chi connectivity index (χ3n) is 2.92. The number of nitrogens with one attached hydrogen (secondary N) is 1. The average molecular weight is 284 g/mol. The van der Waals surface area contributed by atoms with Gasteiger partial charge in [0.2, 0.25) is 0 Å². The lowest BCUT2D eigenvalue weighted by atomic mass is 10.0. The smallest absolute Gasteiger partial charge is 0.0210 e. The number of rotatable bonds is 6. The Balaban J connectivity index is 2.48. The molecule has 0 saturated carbocycles. The summed E-state index contributed by atoms with van der Waals surface area (Å²) in [6, 6.07) is 8.87. The van der Waals surface area contributed by atoms with Crippen molar-refractivity contribution in [2.75, 3.05) is 5.33 Å². The van der Waals surface area contributed by atoms with Gasteiger partial charge in [-0.15, -0.1) is 0 Å². The normalized spacial score (nSPS) is 11.8. The van der Waals surface area contributed by atoms with Crippen molar-refractivity contribution >= 4 is 15.9 Å². The van der Waals surface area contributed by atoms with E-state index in [0.29, 0.717) is 0 Å². The van der Waals surface area contributed by atoms with Gasteiger partial charge in [0.15, 0.2) is 0 Å². The molecule has 0 saturated heterocycles. The molecule has 2 heteroatoms. The van der Waals surface area contributed by atoms with Crippen LogP contribution in [-0.4, -0.2) is 10.9 Å². The van der Waals surface area contributed by atoms with Crippen LogP contribution in [0.2, 0.25) is 0 Å². The molecule has 1 N–H and O–H groups in total. The molecule has 0 atom stereocenters. The summed E-state index contributed by atoms with van der Waals surface area (Å²) in [6.07, 6.45) is 2.25. The summed E-state index contributed by atoms with van der Waals surface area (Å²) in [4.78, 5) is 0. The standard InChI is InChI=1S/C14H22BrN/c1-4-12-5-7-13(8-6-12)11-16-14(2,3)9-10-15/h5-8,16H,4,9-11H2,1-3H3. The van der Waals surface area contributed by atoms with Gasteiger partial charge in [-0.25, -0.2) is 0 Å². The van der Waals surface area contributed by atoms with Crippen molar-refractivity contribution in [3.8, 4) is 0 Å². The summed E-state index contributed by atoms with van der Waals surface area (Å²) < 4.78 is 0. The van der Waals surface area contributed by atoms with Gasteiger partial charge >= 0.3 is 0 Å². The SMILES string of the molecule is CCc1ccc(CNC(C)(C)CCBr)cc1. The molecule has 0 unspecified atom stereocenters. The number of hydrogen-bond donors (Lipinski definition) is 1. The minimum atomic E-state index is 0.201. The molecule has 0 spiro atoms. The van der Waals surface area contributed by atoms with Crippen molar-refractivity contribution in [3.05, 3.63) is 35.4 Å². The Morgan fingerprint density at radius 3 is 2.19 bits per heavy atom. The van der Waals surface area contributed by atoms with Gasteiger partial charge in [0.05, 0.1) is 0 Å². The molecule has 0 aliphatic carbocycles. The van der Waals surface area contributed by atoms with Crippen molar-refractivity contribution in [3.63, 3.8) is 0 Å². The second kappa shape index (κ2) is 6.41. The number of halogens is 1. The fraction of sp³-hybridized carbons (Fsp3) is 0.571. The highest BCUT2D eigenvalue weighted by atomic mass is 79.9. The zero-order valence-corrected chi connectivity index (χ0v) is 12.1. The third-order valence-corrected chi connectivity index (χ3v) is 3.32. The summed E-state index contributed by atoms with van der Waals surface area (Å²) in [5.74, 6) is 0. The van der Waals surface area contributed by atoms with Gasteiger partial charge in [-0.2, -0.15) is 0 Å². The Hall–Kier alpha value is -0.340. The zero-order valence-electron chi connectivity index (χ0n) is 10.5. The first-order chi connectivity index (χ1) is 7.57. The first kappa shape index (κ1) is 13.7. The zero-order chi connectivity index (χ0) is 12.0. The van der Waals surface area contributed by atoms with Crippen LogP contribution >= 0.6 is 15.9 Å². The van der Waals surface area contributed by atoms with Crippen LogP contribution in [0.4, 0.5) is 0 Å². The summed E-state index contributed by atoms with van der Waals surface area (Å²) in [7, 11) is 0. The number of alkyl halides is 1. The quantitative estimate of drug-likeness (QED) is 0.781. The molecule has 1 nitrogen and oxygen atoms in total. The highest BCUT2D eigenvalue weighted by molar-refractivity contribution is 9.09. The van der Waals surface area contributed by atoms with E-state index in [9.17, 15) is 0 Å². The lowest BCUT2D eigenvalue weighted by molar-refractivity contribution is 0.378. The van der Waals surface area contributed by atoms with E-state index in [4.69, 9.17) is 0 Å². The van der Waals surface area contributed by atoms with Crippen LogP contribution in [0.25, 0.3) is 0 Å². The van der Waals surface area contributed by atoms with Gasteiger partial charge in [0, 0.05) is 17.4 Å². The Bertz CT molecular complexity index is 303. The summed E-state index contributed by atoms with van der Waals surface area (Å²) in [5, 5.41) is 4.63. The van der Waals surface area contributed by atoms with Crippen molar-refractivity contribution < 1.29 is 0 Å². The van der Waals surface area contributed by atoms with E-state index in [1.165, 1.54) is 11.1 Å². The van der Waals surface area contributed by atoms with Crippen molar-refractivity contribution in [1.29, 1.82) is 0 Å². The molecule has 90 valence electrons. The number of hydrogen-bond acceptors (Lipinski definition) is 1. The maximum atomic E-state index is 3.58. The molecule has 0 aliphatic heterocycles. The van der Waals surface area contributed by atoms with Crippen LogP contribution in [0.1, 0.15) is 38.3 Å². The first-order valence-corrected chi connectivity index (χ1v) is 7.08. The van der Waals surface area contributed by atoms with E-state index in [1.54, 1.807) is 0 Å². The molecule has 1 aromatic carbocycles. The lowest BCUT2D eigenvalue weighted by Gasteiger charge is -2.25. The highest BCUT2D eigenvalue weighted by Crippen LogP contribution is 2.12. The van der Waals surface area contributed by atoms with E-state index in [-0.39, 0.29) is 5.54 Å². The van der Waals surface area contributed by atoms with Crippen LogP contribution in [-0.2, 0) is 13.0 Å². The van der Waals surface area contributed by atoms with Crippen LogP contribution in [0.15, 0.2) is 24.3 Å². The minimum Gasteiger partial charge on any atom is -0.308 e. The molecule has 0 aromatic heterocycles. The van der Waals surface area contributed by atoms with Crippen molar-refractivity contribution in [2.45, 2.75) is 45.7 Å². The average Bonchev–Trinajstić information content (AvgIpc) is 2.27. The van der Waals surface area contributed by atoms with Gasteiger partial charge in [0.1, 0.15) is 0 Å². The van der Waals surface area contributed by atoms with Gasteiger partial charge < -0.3 is 5.32 Å². The monoisotopic (exact) mass is 283 g/mol. The summed E-state index contributed by atoms with van der Waals surface area (Å²) >= 11 is 3.49. The lowest BCUT2D eigenvalue weighted by Crippen LogP contribution is -2.38. The molecular formula is C14H22BrN. The maximum Gasteiger partial charge on any atom is 0.0210 e. The maximum absolute atomic E-state index is 3.58. The molecule has 1 aromatic rings. The Labute approximate surface area is 108 Å². The number of aryl methyl sites for hydroxylation is 1. The molecule has 16 heavy (non-hydrogen) atoms. The van der Waals surface area contributed by atoms with Crippen molar-refractivity contribution in [2.24, 2.45) is 0 Å². The van der Waals surface area contributed by atoms with Gasteiger partial charge in [-0.05, 0) is 37.8 Å². The molecule has 1 rings (SSSR count). The van der Waals surface area contributed by atoms with Crippen molar-refractivity contribution in [1.82, 2.24) is 5.32 Å². The fourth-order valence-corrected chi connectivity index (χ4v) is 2.55. The molecule has 0 radical (unpaired) electrons. The highest BCUT2D eigenvalue weighted by Gasteiger charge is 2.15. The Morgan fingerprint density at radius 2 is 1.69 bits per heavy atom. The van der Waals surface area contributed by atoms with Gasteiger partial charge in [-0.3, -0.25) is 0 Å². The fourth-order valence-electron chi connectivity index (χ4n) is 1.56. The molecular weight excluding hydrogens is 262 g/mol. The molecule has 0 fully saturated rings. The molecule has 0 bridgehead atoms. The van der Waals surface area contributed by atoms with E-state index in [2.05, 4.69) is 66.3 Å². The van der Waals surface area contributed by atoms with Crippen LogP contribution < -0.4 is 5.32 Å². The molecule has 0 amide bonds. The third kappa shape index (κ3) is 4.67. The predicted octanol–water partition coefficient (Wildman–Crippen LogP) is 3.90.